The molecule has 0 heterocycles. The summed E-state index contributed by atoms with van der Waals surface area (Å²) in [6, 6.07) is 10.1. The molecule has 0 bridgehead atoms. The van der Waals surface area contributed by atoms with Crippen LogP contribution in [0.25, 0.3) is 0 Å². The summed E-state index contributed by atoms with van der Waals surface area (Å²) in [5.41, 5.74) is -0.525. The average molecular weight is 337 g/mol. The van der Waals surface area contributed by atoms with Crippen LogP contribution in [0.3, 0.4) is 0 Å². The van der Waals surface area contributed by atoms with Crippen molar-refractivity contribution in [1.82, 2.24) is 0 Å². The Balaban J connectivity index is 2.18. The molecular formula is C17H14F3NO3. The first-order valence-electron chi connectivity index (χ1n) is 7.07. The van der Waals surface area contributed by atoms with Gasteiger partial charge in [-0.15, -0.1) is 0 Å². The molecule has 0 saturated heterocycles. The number of hydrogen-bond acceptors (Lipinski definition) is 3. The molecule has 1 N–H and O–H groups in total. The summed E-state index contributed by atoms with van der Waals surface area (Å²) in [6.07, 6.45) is -4.53. The van der Waals surface area contributed by atoms with Gasteiger partial charge in [-0.25, -0.2) is 4.79 Å². The van der Waals surface area contributed by atoms with Gasteiger partial charge in [0.25, 0.3) is 5.91 Å². The van der Waals surface area contributed by atoms with Crippen molar-refractivity contribution in [2.75, 3.05) is 11.9 Å². The zero-order chi connectivity index (χ0) is 17.7. The lowest BCUT2D eigenvalue weighted by molar-refractivity contribution is -0.137. The minimum atomic E-state index is -4.53. The van der Waals surface area contributed by atoms with E-state index < -0.39 is 23.6 Å². The number of ether oxygens (including phenoxy) is 1. The van der Waals surface area contributed by atoms with Gasteiger partial charge < -0.3 is 10.1 Å². The van der Waals surface area contributed by atoms with E-state index in [0.717, 1.165) is 18.2 Å². The summed E-state index contributed by atoms with van der Waals surface area (Å²) in [4.78, 5) is 23.8. The Bertz CT molecular complexity index is 757. The van der Waals surface area contributed by atoms with Gasteiger partial charge in [-0.3, -0.25) is 4.79 Å². The van der Waals surface area contributed by atoms with Crippen LogP contribution in [0, 0.1) is 0 Å². The minimum absolute atomic E-state index is 0.133. The number of anilines is 1. The molecule has 24 heavy (non-hydrogen) atoms. The number of benzene rings is 2. The summed E-state index contributed by atoms with van der Waals surface area (Å²) >= 11 is 0. The van der Waals surface area contributed by atoms with Gasteiger partial charge in [0.05, 0.1) is 17.7 Å². The molecule has 2 rings (SSSR count). The molecule has 0 aliphatic rings. The minimum Gasteiger partial charge on any atom is -0.462 e. The largest absolute Gasteiger partial charge is 0.462 e. The van der Waals surface area contributed by atoms with Crippen LogP contribution in [0.5, 0.6) is 0 Å². The highest BCUT2D eigenvalue weighted by Gasteiger charge is 2.30. The van der Waals surface area contributed by atoms with E-state index in [0.29, 0.717) is 0 Å². The average Bonchev–Trinajstić information content (AvgIpc) is 2.54. The van der Waals surface area contributed by atoms with Crippen LogP contribution < -0.4 is 5.32 Å². The van der Waals surface area contributed by atoms with Gasteiger partial charge in [0.15, 0.2) is 0 Å². The number of carbonyl (C=O) groups is 2. The van der Waals surface area contributed by atoms with Crippen LogP contribution >= 0.6 is 0 Å². The fourth-order valence-electron chi connectivity index (χ4n) is 1.98. The van der Waals surface area contributed by atoms with Crippen molar-refractivity contribution in [1.29, 1.82) is 0 Å². The van der Waals surface area contributed by atoms with Crippen LogP contribution in [0.1, 0.15) is 33.2 Å². The van der Waals surface area contributed by atoms with Crippen molar-refractivity contribution < 1.29 is 27.5 Å². The topological polar surface area (TPSA) is 55.4 Å². The van der Waals surface area contributed by atoms with Crippen molar-refractivity contribution in [3.8, 4) is 0 Å². The number of carbonyl (C=O) groups excluding carboxylic acids is 2. The highest BCUT2D eigenvalue weighted by atomic mass is 19.4. The Morgan fingerprint density at radius 3 is 2.38 bits per heavy atom. The maximum atomic E-state index is 12.7. The first-order valence-corrected chi connectivity index (χ1v) is 7.07. The molecule has 4 nitrogen and oxygen atoms in total. The van der Waals surface area contributed by atoms with E-state index in [2.05, 4.69) is 5.32 Å². The second kappa shape index (κ2) is 7.16. The van der Waals surface area contributed by atoms with Crippen LogP contribution in [0.4, 0.5) is 18.9 Å². The number of nitrogens with one attached hydrogen (secondary N) is 1. The first-order chi connectivity index (χ1) is 11.3. The lowest BCUT2D eigenvalue weighted by Gasteiger charge is -2.10. The highest BCUT2D eigenvalue weighted by molar-refractivity contribution is 6.05. The van der Waals surface area contributed by atoms with Crippen molar-refractivity contribution in [2.24, 2.45) is 0 Å². The predicted octanol–water partition coefficient (Wildman–Crippen LogP) is 4.13. The van der Waals surface area contributed by atoms with E-state index in [1.165, 1.54) is 30.3 Å². The van der Waals surface area contributed by atoms with Crippen molar-refractivity contribution >= 4 is 17.6 Å². The zero-order valence-electron chi connectivity index (χ0n) is 12.7. The molecule has 2 aromatic carbocycles. The molecule has 0 spiro atoms. The monoisotopic (exact) mass is 337 g/mol. The van der Waals surface area contributed by atoms with Crippen molar-refractivity contribution in [2.45, 2.75) is 13.1 Å². The van der Waals surface area contributed by atoms with Crippen LogP contribution in [-0.4, -0.2) is 18.5 Å². The van der Waals surface area contributed by atoms with Gasteiger partial charge in [-0.05, 0) is 43.3 Å². The molecular weight excluding hydrogens is 323 g/mol. The fraction of sp³-hybridized carbons (Fsp3) is 0.176. The van der Waals surface area contributed by atoms with Gasteiger partial charge in [-0.1, -0.05) is 12.1 Å². The third kappa shape index (κ3) is 4.34. The number of halogens is 3. The first kappa shape index (κ1) is 17.5. The molecule has 0 aliphatic carbocycles. The number of amides is 1. The molecule has 0 fully saturated rings. The van der Waals surface area contributed by atoms with Crippen LogP contribution in [0.2, 0.25) is 0 Å². The van der Waals surface area contributed by atoms with Crippen molar-refractivity contribution in [3.05, 3.63) is 65.2 Å². The highest BCUT2D eigenvalue weighted by Crippen LogP contribution is 2.29. The molecule has 0 aromatic heterocycles. The standard InChI is InChI=1S/C17H14F3NO3/c1-2-24-16(23)12-6-4-8-14(10-12)21-15(22)11-5-3-7-13(9-11)17(18,19)20/h3-10H,2H2,1H3,(H,21,22). The van der Waals surface area contributed by atoms with Gasteiger partial charge in [-0.2, -0.15) is 13.2 Å². The zero-order valence-corrected chi connectivity index (χ0v) is 12.7. The molecule has 0 atom stereocenters. The van der Waals surface area contributed by atoms with Gasteiger partial charge in [0.1, 0.15) is 0 Å². The molecule has 0 saturated carbocycles. The van der Waals surface area contributed by atoms with Crippen LogP contribution in [-0.2, 0) is 10.9 Å². The van der Waals surface area contributed by atoms with E-state index >= 15 is 0 Å². The smallest absolute Gasteiger partial charge is 0.416 e. The quantitative estimate of drug-likeness (QED) is 0.853. The molecule has 2 aromatic rings. The summed E-state index contributed by atoms with van der Waals surface area (Å²) in [5.74, 6) is -1.25. The van der Waals surface area contributed by atoms with E-state index in [4.69, 9.17) is 4.74 Å². The maximum Gasteiger partial charge on any atom is 0.416 e. The summed E-state index contributed by atoms with van der Waals surface area (Å²) in [7, 11) is 0. The van der Waals surface area contributed by atoms with Crippen molar-refractivity contribution in [3.63, 3.8) is 0 Å². The summed E-state index contributed by atoms with van der Waals surface area (Å²) in [6.45, 7) is 1.87. The molecule has 1 amide bonds. The number of alkyl halides is 3. The van der Waals surface area contributed by atoms with Gasteiger partial charge in [0.2, 0.25) is 0 Å². The van der Waals surface area contributed by atoms with Crippen LogP contribution in [0.15, 0.2) is 48.5 Å². The summed E-state index contributed by atoms with van der Waals surface area (Å²) in [5, 5.41) is 2.46. The third-order valence-electron chi connectivity index (χ3n) is 3.08. The van der Waals surface area contributed by atoms with Gasteiger partial charge in [0, 0.05) is 11.3 Å². The van der Waals surface area contributed by atoms with E-state index in [-0.39, 0.29) is 23.4 Å². The number of hydrogen-bond donors (Lipinski definition) is 1. The van der Waals surface area contributed by atoms with E-state index in [9.17, 15) is 22.8 Å². The Morgan fingerprint density at radius 2 is 1.71 bits per heavy atom. The summed E-state index contributed by atoms with van der Waals surface area (Å²) < 4.78 is 42.9. The predicted molar refractivity (Wildman–Crippen MR) is 81.8 cm³/mol. The molecule has 7 heteroatoms. The number of rotatable bonds is 4. The Kier molecular flexibility index (Phi) is 5.23. The Labute approximate surface area is 136 Å². The molecule has 0 aliphatic heterocycles. The van der Waals surface area contributed by atoms with E-state index in [1.54, 1.807) is 6.92 Å². The normalized spacial score (nSPS) is 11.0. The lowest BCUT2D eigenvalue weighted by Crippen LogP contribution is -2.14. The lowest BCUT2D eigenvalue weighted by atomic mass is 10.1. The molecule has 0 radical (unpaired) electrons. The third-order valence-corrected chi connectivity index (χ3v) is 3.08. The molecule has 0 unspecified atom stereocenters. The Morgan fingerprint density at radius 1 is 1.04 bits per heavy atom. The second-order valence-electron chi connectivity index (χ2n) is 4.83. The Hall–Kier alpha value is -2.83. The van der Waals surface area contributed by atoms with Gasteiger partial charge >= 0.3 is 12.1 Å². The molecule has 126 valence electrons. The fourth-order valence-corrected chi connectivity index (χ4v) is 1.98. The second-order valence-corrected chi connectivity index (χ2v) is 4.83. The maximum absolute atomic E-state index is 12.7. The SMILES string of the molecule is CCOC(=O)c1cccc(NC(=O)c2cccc(C(F)(F)F)c2)c1. The van der Waals surface area contributed by atoms with E-state index in [1.807, 2.05) is 0 Å². The number of esters is 1.